The Balaban J connectivity index is 1.67. The van der Waals surface area contributed by atoms with Crippen molar-refractivity contribution in [2.75, 3.05) is 5.75 Å². The Morgan fingerprint density at radius 1 is 0.903 bits per heavy atom. The third kappa shape index (κ3) is 7.96. The molecular weight excluding hydrogens is 435 g/mol. The normalized spacial score (nSPS) is 12.5. The number of benzene rings is 3. The van der Waals surface area contributed by atoms with Crippen LogP contribution in [0, 0.1) is 6.92 Å². The van der Waals surface area contributed by atoms with E-state index in [2.05, 4.69) is 12.1 Å². The first-order valence-corrected chi connectivity index (χ1v) is 11.6. The van der Waals surface area contributed by atoms with Crippen molar-refractivity contribution in [1.82, 2.24) is 0 Å². The third-order valence-corrected chi connectivity index (χ3v) is 6.10. The van der Waals surface area contributed by atoms with Crippen LogP contribution in [0.1, 0.15) is 16.7 Å². The van der Waals surface area contributed by atoms with Crippen molar-refractivity contribution < 1.29 is 13.2 Å². The van der Waals surface area contributed by atoms with E-state index in [1.54, 1.807) is 11.8 Å². The number of rotatable bonds is 7. The zero-order valence-electron chi connectivity index (χ0n) is 17.0. The molecule has 3 rings (SSSR count). The van der Waals surface area contributed by atoms with Gasteiger partial charge >= 0.3 is 6.18 Å². The Hall–Kier alpha value is -2.44. The lowest BCUT2D eigenvalue weighted by Crippen LogP contribution is -2.03. The summed E-state index contributed by atoms with van der Waals surface area (Å²) in [6.07, 6.45) is -1.47. The van der Waals surface area contributed by atoms with Gasteiger partial charge in [-0.15, -0.1) is 11.8 Å². The molecule has 0 saturated carbocycles. The number of aliphatic imine (C=N–C) groups is 1. The molecule has 0 unspecified atom stereocenters. The highest BCUT2D eigenvalue weighted by Gasteiger charge is 2.29. The molecule has 0 aliphatic carbocycles. The van der Waals surface area contributed by atoms with E-state index >= 15 is 0 Å². The highest BCUT2D eigenvalue weighted by Crippen LogP contribution is 2.31. The number of nitrogens with zero attached hydrogens (tertiary/aromatic N) is 1. The van der Waals surface area contributed by atoms with Crippen molar-refractivity contribution in [1.29, 1.82) is 0 Å². The Kier molecular flexibility index (Phi) is 8.43. The first-order valence-electron chi connectivity index (χ1n) is 9.73. The van der Waals surface area contributed by atoms with E-state index in [0.717, 1.165) is 39.9 Å². The Morgan fingerprint density at radius 3 is 2.23 bits per heavy atom. The molecular formula is C25H22F3NS2. The van der Waals surface area contributed by atoms with E-state index in [1.165, 1.54) is 35.0 Å². The molecule has 0 aliphatic heterocycles. The van der Waals surface area contributed by atoms with Gasteiger partial charge in [0.2, 0.25) is 0 Å². The van der Waals surface area contributed by atoms with Crippen LogP contribution in [0.25, 0.3) is 0 Å². The Labute approximate surface area is 189 Å². The average molecular weight is 458 g/mol. The minimum Gasteiger partial charge on any atom is -0.242 e. The Morgan fingerprint density at radius 2 is 1.58 bits per heavy atom. The van der Waals surface area contributed by atoms with Gasteiger partial charge in [-0.2, -0.15) is 13.2 Å². The van der Waals surface area contributed by atoms with Gasteiger partial charge in [-0.25, -0.2) is 4.99 Å². The van der Waals surface area contributed by atoms with E-state index in [1.807, 2.05) is 60.9 Å². The number of hydrogen-bond acceptors (Lipinski definition) is 3. The van der Waals surface area contributed by atoms with Crippen molar-refractivity contribution in [2.45, 2.75) is 24.4 Å². The molecule has 0 amide bonds. The second-order valence-corrected chi connectivity index (χ2v) is 8.91. The van der Waals surface area contributed by atoms with Crippen LogP contribution in [0.5, 0.6) is 0 Å². The van der Waals surface area contributed by atoms with E-state index < -0.39 is 11.7 Å². The van der Waals surface area contributed by atoms with Crippen molar-refractivity contribution in [3.8, 4) is 0 Å². The van der Waals surface area contributed by atoms with Gasteiger partial charge in [0.15, 0.2) is 0 Å². The number of hydrogen-bond donors (Lipinski definition) is 0. The summed E-state index contributed by atoms with van der Waals surface area (Å²) in [6.45, 7) is 2.03. The van der Waals surface area contributed by atoms with Gasteiger partial charge in [0.1, 0.15) is 0 Å². The average Bonchev–Trinajstić information content (AvgIpc) is 2.76. The van der Waals surface area contributed by atoms with Gasteiger partial charge in [0.05, 0.1) is 16.3 Å². The van der Waals surface area contributed by atoms with E-state index in [4.69, 9.17) is 4.99 Å². The molecule has 0 spiro atoms. The van der Waals surface area contributed by atoms with Gasteiger partial charge in [-0.1, -0.05) is 59.8 Å². The first kappa shape index (κ1) is 23.2. The fraction of sp³-hybridized carbons (Fsp3) is 0.160. The summed E-state index contributed by atoms with van der Waals surface area (Å²) in [4.78, 5) is 5.48. The molecule has 1 nitrogen and oxygen atoms in total. The standard InChI is InChI=1S/C25H22F3NS2/c1-19-7-11-22(12-8-19)29-24(31-17-15-20-5-3-2-4-6-20)16-18-30-23-13-9-21(10-14-23)25(26,27)28/h2-14,16,18H,15,17H2,1H3. The van der Waals surface area contributed by atoms with Crippen molar-refractivity contribution >= 4 is 34.3 Å². The lowest BCUT2D eigenvalue weighted by Gasteiger charge is -2.06. The number of thioether (sulfide) groups is 2. The molecule has 0 fully saturated rings. The summed E-state index contributed by atoms with van der Waals surface area (Å²) < 4.78 is 38.1. The minimum atomic E-state index is -4.32. The number of alkyl halides is 3. The van der Waals surface area contributed by atoms with E-state index in [-0.39, 0.29) is 0 Å². The summed E-state index contributed by atoms with van der Waals surface area (Å²) >= 11 is 3.03. The predicted octanol–water partition coefficient (Wildman–Crippen LogP) is 8.33. The molecule has 3 aromatic carbocycles. The summed E-state index contributed by atoms with van der Waals surface area (Å²) in [5.74, 6) is 0.879. The smallest absolute Gasteiger partial charge is 0.242 e. The fourth-order valence-electron chi connectivity index (χ4n) is 2.68. The number of aryl methyl sites for hydroxylation is 2. The van der Waals surface area contributed by atoms with Crippen molar-refractivity contribution in [2.24, 2.45) is 4.99 Å². The summed E-state index contributed by atoms with van der Waals surface area (Å²) in [5, 5.41) is 2.73. The van der Waals surface area contributed by atoms with Gasteiger partial charge in [0.25, 0.3) is 0 Å². The highest BCUT2D eigenvalue weighted by molar-refractivity contribution is 8.14. The van der Waals surface area contributed by atoms with Crippen LogP contribution in [0.4, 0.5) is 18.9 Å². The van der Waals surface area contributed by atoms with E-state index in [9.17, 15) is 13.2 Å². The Bertz CT molecular complexity index is 1010. The largest absolute Gasteiger partial charge is 0.416 e. The summed E-state index contributed by atoms with van der Waals surface area (Å²) in [7, 11) is 0. The quantitative estimate of drug-likeness (QED) is 0.201. The third-order valence-electron chi connectivity index (χ3n) is 4.35. The second-order valence-electron chi connectivity index (χ2n) is 6.81. The fourth-order valence-corrected chi connectivity index (χ4v) is 4.29. The summed E-state index contributed by atoms with van der Waals surface area (Å²) in [6, 6.07) is 23.4. The van der Waals surface area contributed by atoms with Crippen molar-refractivity contribution in [3.63, 3.8) is 0 Å². The lowest BCUT2D eigenvalue weighted by atomic mass is 10.2. The van der Waals surface area contributed by atoms with Crippen LogP contribution < -0.4 is 0 Å². The van der Waals surface area contributed by atoms with Crippen LogP contribution in [-0.2, 0) is 12.6 Å². The zero-order chi connectivity index (χ0) is 22.1. The van der Waals surface area contributed by atoms with Gasteiger partial charge < -0.3 is 0 Å². The molecule has 31 heavy (non-hydrogen) atoms. The molecule has 6 heteroatoms. The predicted molar refractivity (Wildman–Crippen MR) is 127 cm³/mol. The van der Waals surface area contributed by atoms with Gasteiger partial charge in [-0.05, 0) is 66.8 Å². The highest BCUT2D eigenvalue weighted by atomic mass is 32.2. The first-order chi connectivity index (χ1) is 14.9. The molecule has 0 heterocycles. The molecule has 0 atom stereocenters. The molecule has 0 aromatic heterocycles. The maximum atomic E-state index is 12.7. The van der Waals surface area contributed by atoms with Crippen LogP contribution in [-0.4, -0.2) is 10.8 Å². The second kappa shape index (κ2) is 11.3. The van der Waals surface area contributed by atoms with Crippen molar-refractivity contribution in [3.05, 3.63) is 107 Å². The SMILES string of the molecule is Cc1ccc(N=C(C=CSc2ccc(C(F)(F)F)cc2)SCCc2ccccc2)cc1. The molecule has 3 aromatic rings. The maximum absolute atomic E-state index is 12.7. The molecule has 0 saturated heterocycles. The monoisotopic (exact) mass is 457 g/mol. The topological polar surface area (TPSA) is 12.4 Å². The number of halogens is 3. The molecule has 0 aliphatic rings. The van der Waals surface area contributed by atoms with Gasteiger partial charge in [-0.3, -0.25) is 0 Å². The molecule has 0 radical (unpaired) electrons. The van der Waals surface area contributed by atoms with Crippen LogP contribution >= 0.6 is 23.5 Å². The van der Waals surface area contributed by atoms with Gasteiger partial charge in [0, 0.05) is 10.6 Å². The zero-order valence-corrected chi connectivity index (χ0v) is 18.6. The molecule has 0 bridgehead atoms. The van der Waals surface area contributed by atoms with E-state index in [0.29, 0.717) is 0 Å². The van der Waals surface area contributed by atoms with Crippen LogP contribution in [0.2, 0.25) is 0 Å². The lowest BCUT2D eigenvalue weighted by molar-refractivity contribution is -0.137. The maximum Gasteiger partial charge on any atom is 0.416 e. The molecule has 160 valence electrons. The van der Waals surface area contributed by atoms with Crippen LogP contribution in [0.3, 0.4) is 0 Å². The minimum absolute atomic E-state index is 0.640. The molecule has 0 N–H and O–H groups in total. The summed E-state index contributed by atoms with van der Waals surface area (Å²) in [5.41, 5.74) is 2.68. The van der Waals surface area contributed by atoms with Crippen LogP contribution in [0.15, 0.2) is 100 Å².